The van der Waals surface area contributed by atoms with Gasteiger partial charge in [0.05, 0.1) is 35.5 Å². The number of amides is 1. The van der Waals surface area contributed by atoms with Gasteiger partial charge in [0.1, 0.15) is 5.82 Å². The molecule has 0 aromatic heterocycles. The SMILES string of the molecule is O=C(COC(=O)CC1c2ccccc2CCN1S(=O)(=O)c1ccc(F)cc1)Nc1ccc(S(=O)(=O)N2CCOCC2)cc1. The van der Waals surface area contributed by atoms with Crippen LogP contribution < -0.4 is 5.32 Å². The molecule has 0 aliphatic carbocycles. The molecule has 0 saturated carbocycles. The number of morpholine rings is 1. The molecule has 14 heteroatoms. The second kappa shape index (κ2) is 12.9. The molecule has 43 heavy (non-hydrogen) atoms. The first-order valence-corrected chi connectivity index (χ1v) is 16.4. The maximum atomic E-state index is 13.5. The van der Waals surface area contributed by atoms with Crippen LogP contribution in [-0.4, -0.2) is 76.8 Å². The van der Waals surface area contributed by atoms with Crippen molar-refractivity contribution in [1.29, 1.82) is 0 Å². The van der Waals surface area contributed by atoms with E-state index in [-0.39, 0.29) is 35.8 Å². The molecule has 228 valence electrons. The average Bonchev–Trinajstić information content (AvgIpc) is 3.01. The van der Waals surface area contributed by atoms with Gasteiger partial charge < -0.3 is 14.8 Å². The lowest BCUT2D eigenvalue weighted by atomic mass is 9.92. The highest BCUT2D eigenvalue weighted by molar-refractivity contribution is 7.89. The number of benzene rings is 3. The number of carbonyl (C=O) groups is 2. The van der Waals surface area contributed by atoms with Gasteiger partial charge in [-0.15, -0.1) is 0 Å². The molecule has 2 aliphatic rings. The van der Waals surface area contributed by atoms with Gasteiger partial charge in [0, 0.05) is 25.3 Å². The van der Waals surface area contributed by atoms with Gasteiger partial charge in [0.2, 0.25) is 20.0 Å². The van der Waals surface area contributed by atoms with Gasteiger partial charge in [-0.3, -0.25) is 9.59 Å². The van der Waals surface area contributed by atoms with Crippen molar-refractivity contribution < 1.29 is 40.3 Å². The first kappa shape index (κ1) is 30.8. The van der Waals surface area contributed by atoms with E-state index in [2.05, 4.69) is 5.32 Å². The van der Waals surface area contributed by atoms with Crippen LogP contribution in [0.4, 0.5) is 10.1 Å². The van der Waals surface area contributed by atoms with E-state index in [9.17, 15) is 30.8 Å². The predicted octanol–water partition coefficient (Wildman–Crippen LogP) is 2.71. The number of hydrogen-bond acceptors (Lipinski definition) is 8. The van der Waals surface area contributed by atoms with Crippen LogP contribution in [0, 0.1) is 5.82 Å². The third kappa shape index (κ3) is 6.94. The first-order chi connectivity index (χ1) is 20.6. The smallest absolute Gasteiger partial charge is 0.308 e. The Morgan fingerprint density at radius 2 is 1.49 bits per heavy atom. The zero-order chi connectivity index (χ0) is 30.6. The number of nitrogens with one attached hydrogen (secondary N) is 1. The lowest BCUT2D eigenvalue weighted by Gasteiger charge is -2.36. The molecular weight excluding hydrogens is 601 g/mol. The van der Waals surface area contributed by atoms with Crippen molar-refractivity contribution in [3.8, 4) is 0 Å². The van der Waals surface area contributed by atoms with Crippen molar-refractivity contribution in [3.05, 3.63) is 89.7 Å². The number of anilines is 1. The summed E-state index contributed by atoms with van der Waals surface area (Å²) in [6.07, 6.45) is 0.0793. The molecular formula is C29H30FN3O8S2. The van der Waals surface area contributed by atoms with E-state index in [0.717, 1.165) is 17.7 Å². The average molecular weight is 632 g/mol. The molecule has 11 nitrogen and oxygen atoms in total. The number of nitrogens with zero attached hydrogens (tertiary/aromatic N) is 2. The summed E-state index contributed by atoms with van der Waals surface area (Å²) in [7, 11) is -7.77. The number of esters is 1. The summed E-state index contributed by atoms with van der Waals surface area (Å²) in [4.78, 5) is 25.4. The van der Waals surface area contributed by atoms with Crippen LogP contribution in [0.25, 0.3) is 0 Å². The molecule has 5 rings (SSSR count). The summed E-state index contributed by atoms with van der Waals surface area (Å²) in [5.74, 6) is -2.02. The summed E-state index contributed by atoms with van der Waals surface area (Å²) < 4.78 is 78.9. The fraction of sp³-hybridized carbons (Fsp3) is 0.310. The summed E-state index contributed by atoms with van der Waals surface area (Å²) in [5, 5.41) is 2.55. The van der Waals surface area contributed by atoms with Gasteiger partial charge in [-0.25, -0.2) is 21.2 Å². The lowest BCUT2D eigenvalue weighted by Crippen LogP contribution is -2.41. The van der Waals surface area contributed by atoms with E-state index in [1.807, 2.05) is 12.1 Å². The van der Waals surface area contributed by atoms with Crippen LogP contribution >= 0.6 is 0 Å². The number of halogens is 1. The van der Waals surface area contributed by atoms with Crippen molar-refractivity contribution in [3.63, 3.8) is 0 Å². The zero-order valence-electron chi connectivity index (χ0n) is 23.0. The van der Waals surface area contributed by atoms with Crippen molar-refractivity contribution >= 4 is 37.6 Å². The summed E-state index contributed by atoms with van der Waals surface area (Å²) in [6.45, 7) is 0.629. The molecule has 3 aromatic rings. The van der Waals surface area contributed by atoms with Crippen LogP contribution in [-0.2, 0) is 45.5 Å². The van der Waals surface area contributed by atoms with Crippen LogP contribution in [0.1, 0.15) is 23.6 Å². The van der Waals surface area contributed by atoms with E-state index in [1.54, 1.807) is 12.1 Å². The maximum absolute atomic E-state index is 13.5. The van der Waals surface area contributed by atoms with Crippen LogP contribution in [0.3, 0.4) is 0 Å². The highest BCUT2D eigenvalue weighted by Crippen LogP contribution is 2.36. The molecule has 1 atom stereocenters. The van der Waals surface area contributed by atoms with Crippen molar-refractivity contribution in [2.24, 2.45) is 0 Å². The Balaban J connectivity index is 1.22. The topological polar surface area (TPSA) is 139 Å². The summed E-state index contributed by atoms with van der Waals surface area (Å²) >= 11 is 0. The van der Waals surface area contributed by atoms with Crippen molar-refractivity contribution in [2.45, 2.75) is 28.7 Å². The third-order valence-corrected chi connectivity index (χ3v) is 11.1. The third-order valence-electron chi connectivity index (χ3n) is 7.25. The molecule has 0 radical (unpaired) electrons. The van der Waals surface area contributed by atoms with Gasteiger partial charge in [-0.2, -0.15) is 8.61 Å². The molecule has 1 unspecified atom stereocenters. The van der Waals surface area contributed by atoms with Gasteiger partial charge in [0.15, 0.2) is 6.61 Å². The van der Waals surface area contributed by atoms with E-state index in [4.69, 9.17) is 9.47 Å². The molecule has 2 heterocycles. The number of carbonyl (C=O) groups excluding carboxylic acids is 2. The Hall–Kier alpha value is -3.69. The number of sulfonamides is 2. The predicted molar refractivity (Wildman–Crippen MR) is 153 cm³/mol. The fourth-order valence-electron chi connectivity index (χ4n) is 5.08. The van der Waals surface area contributed by atoms with Crippen molar-refractivity contribution in [2.75, 3.05) is 44.8 Å². The maximum Gasteiger partial charge on any atom is 0.308 e. The molecule has 0 spiro atoms. The number of fused-ring (bicyclic) bond motifs is 1. The minimum atomic E-state index is -4.08. The largest absolute Gasteiger partial charge is 0.456 e. The van der Waals surface area contributed by atoms with Gasteiger partial charge in [-0.05, 0) is 66.1 Å². The summed E-state index contributed by atoms with van der Waals surface area (Å²) in [6, 6.07) is 16.4. The van der Waals surface area contributed by atoms with Gasteiger partial charge in [0.25, 0.3) is 5.91 Å². The minimum absolute atomic E-state index is 0.0757. The number of hydrogen-bond donors (Lipinski definition) is 1. The Kier molecular flexibility index (Phi) is 9.22. The fourth-order valence-corrected chi connectivity index (χ4v) is 8.09. The molecule has 3 aromatic carbocycles. The quantitative estimate of drug-likeness (QED) is 0.356. The highest BCUT2D eigenvalue weighted by atomic mass is 32.2. The van der Waals surface area contributed by atoms with Crippen LogP contribution in [0.15, 0.2) is 82.6 Å². The summed E-state index contributed by atoms with van der Waals surface area (Å²) in [5.41, 5.74) is 1.84. The normalized spacial score (nSPS) is 18.0. The number of ether oxygens (including phenoxy) is 2. The monoisotopic (exact) mass is 631 g/mol. The second-order valence-electron chi connectivity index (χ2n) is 9.99. The molecule has 1 amide bonds. The first-order valence-electron chi connectivity index (χ1n) is 13.5. The minimum Gasteiger partial charge on any atom is -0.456 e. The highest BCUT2D eigenvalue weighted by Gasteiger charge is 2.38. The Morgan fingerprint density at radius 3 is 2.19 bits per heavy atom. The second-order valence-corrected chi connectivity index (χ2v) is 13.8. The molecule has 0 bridgehead atoms. The number of rotatable bonds is 9. The van der Waals surface area contributed by atoms with Gasteiger partial charge in [-0.1, -0.05) is 24.3 Å². The van der Waals surface area contributed by atoms with Crippen LogP contribution in [0.5, 0.6) is 0 Å². The lowest BCUT2D eigenvalue weighted by molar-refractivity contribution is -0.148. The zero-order valence-corrected chi connectivity index (χ0v) is 24.7. The van der Waals surface area contributed by atoms with E-state index in [1.165, 1.54) is 45.0 Å². The Labute approximate surface area is 249 Å². The Morgan fingerprint density at radius 1 is 0.860 bits per heavy atom. The molecule has 1 N–H and O–H groups in total. The molecule has 1 saturated heterocycles. The van der Waals surface area contributed by atoms with Crippen molar-refractivity contribution in [1.82, 2.24) is 8.61 Å². The Bertz CT molecular complexity index is 1690. The van der Waals surface area contributed by atoms with Crippen LogP contribution in [0.2, 0.25) is 0 Å². The van der Waals surface area contributed by atoms with E-state index < -0.39 is 50.4 Å². The van der Waals surface area contributed by atoms with E-state index in [0.29, 0.717) is 30.9 Å². The standard InChI is InChI=1S/C29H30FN3O8S2/c30-22-5-9-25(10-6-22)43(38,39)33-14-13-21-3-1-2-4-26(21)27(33)19-29(35)41-20-28(34)31-23-7-11-24(12-8-23)42(36,37)32-15-17-40-18-16-32/h1-12,27H,13-20H2,(H,31,34). The van der Waals surface area contributed by atoms with Gasteiger partial charge >= 0.3 is 5.97 Å². The molecule has 2 aliphatic heterocycles. The van der Waals surface area contributed by atoms with E-state index >= 15 is 0 Å². The molecule has 1 fully saturated rings.